The number of halogens is 2. The number of rotatable bonds is 3. The van der Waals surface area contributed by atoms with Gasteiger partial charge in [-0.1, -0.05) is 29.3 Å². The maximum absolute atomic E-state index is 14.3. The standard InChI is InChI=1S/C28H29F2N3O/c1-19-13-20(2)15-21(14-19)17-32-11-9-28(10-12-32)18-33(26-8-5-23(30)16-25(26)28)27(34)31-24-6-3-22(29)4-7-24/h3-8,13-16H,9-12,17-18H2,1-2H3,(H,31,34). The number of hydrogen-bond donors (Lipinski definition) is 1. The van der Waals surface area contributed by atoms with E-state index in [0.29, 0.717) is 12.2 Å². The van der Waals surface area contributed by atoms with Gasteiger partial charge in [0.1, 0.15) is 11.6 Å². The minimum absolute atomic E-state index is 0.267. The highest BCUT2D eigenvalue weighted by atomic mass is 19.1. The van der Waals surface area contributed by atoms with E-state index in [1.165, 1.54) is 47.0 Å². The van der Waals surface area contributed by atoms with Crippen LogP contribution in [0.5, 0.6) is 0 Å². The number of anilines is 2. The maximum Gasteiger partial charge on any atom is 0.326 e. The predicted molar refractivity (Wildman–Crippen MR) is 131 cm³/mol. The number of likely N-dealkylation sites (tertiary alicyclic amines) is 1. The van der Waals surface area contributed by atoms with Gasteiger partial charge in [-0.15, -0.1) is 0 Å². The zero-order valence-electron chi connectivity index (χ0n) is 19.6. The summed E-state index contributed by atoms with van der Waals surface area (Å²) in [4.78, 5) is 17.3. The molecule has 1 N–H and O–H groups in total. The molecule has 6 heteroatoms. The third-order valence-electron chi connectivity index (χ3n) is 7.12. The summed E-state index contributed by atoms with van der Waals surface area (Å²) in [5.41, 5.74) is 5.77. The first-order chi connectivity index (χ1) is 16.3. The van der Waals surface area contributed by atoms with E-state index >= 15 is 0 Å². The zero-order chi connectivity index (χ0) is 23.9. The molecule has 2 aliphatic rings. The fraction of sp³-hybridized carbons (Fsp3) is 0.321. The topological polar surface area (TPSA) is 35.6 Å². The molecule has 2 aliphatic heterocycles. The van der Waals surface area contributed by atoms with Gasteiger partial charge in [-0.25, -0.2) is 13.6 Å². The molecule has 1 spiro atoms. The molecule has 4 nitrogen and oxygen atoms in total. The average Bonchev–Trinajstić information content (AvgIpc) is 3.10. The summed E-state index contributed by atoms with van der Waals surface area (Å²) in [5.74, 6) is -0.636. The first kappa shape index (κ1) is 22.5. The van der Waals surface area contributed by atoms with Crippen molar-refractivity contribution in [1.29, 1.82) is 0 Å². The Balaban J connectivity index is 1.34. The lowest BCUT2D eigenvalue weighted by Crippen LogP contribution is -2.46. The van der Waals surface area contributed by atoms with Gasteiger partial charge in [0.15, 0.2) is 0 Å². The number of hydrogen-bond acceptors (Lipinski definition) is 2. The fourth-order valence-electron chi connectivity index (χ4n) is 5.53. The van der Waals surface area contributed by atoms with Gasteiger partial charge in [0, 0.05) is 29.9 Å². The molecule has 1 saturated heterocycles. The Morgan fingerprint density at radius 1 is 0.912 bits per heavy atom. The smallest absolute Gasteiger partial charge is 0.308 e. The maximum atomic E-state index is 14.3. The molecule has 0 aliphatic carbocycles. The Kier molecular flexibility index (Phi) is 5.86. The van der Waals surface area contributed by atoms with Crippen molar-refractivity contribution in [3.63, 3.8) is 0 Å². The normalized spacial score (nSPS) is 17.1. The van der Waals surface area contributed by atoms with Crippen molar-refractivity contribution >= 4 is 17.4 Å². The first-order valence-electron chi connectivity index (χ1n) is 11.7. The summed E-state index contributed by atoms with van der Waals surface area (Å²) in [7, 11) is 0. The summed E-state index contributed by atoms with van der Waals surface area (Å²) < 4.78 is 27.5. The summed E-state index contributed by atoms with van der Waals surface area (Å²) in [5, 5.41) is 2.86. The second kappa shape index (κ2) is 8.84. The molecule has 2 amide bonds. The number of urea groups is 1. The van der Waals surface area contributed by atoms with Crippen molar-refractivity contribution in [3.8, 4) is 0 Å². The second-order valence-corrected chi connectivity index (χ2v) is 9.74. The number of piperidine rings is 1. The van der Waals surface area contributed by atoms with Crippen molar-refractivity contribution in [2.75, 3.05) is 29.9 Å². The molecule has 0 bridgehead atoms. The van der Waals surface area contributed by atoms with Gasteiger partial charge in [-0.2, -0.15) is 0 Å². The lowest BCUT2D eigenvalue weighted by atomic mass is 9.74. The number of fused-ring (bicyclic) bond motifs is 2. The van der Waals surface area contributed by atoms with Crippen LogP contribution in [0.25, 0.3) is 0 Å². The Hall–Kier alpha value is -3.25. The molecular weight excluding hydrogens is 432 g/mol. The van der Waals surface area contributed by atoms with Crippen LogP contribution in [0.15, 0.2) is 60.7 Å². The molecule has 3 aromatic rings. The molecule has 0 unspecified atom stereocenters. The summed E-state index contributed by atoms with van der Waals surface area (Å²) in [6.45, 7) is 7.42. The Morgan fingerprint density at radius 3 is 2.24 bits per heavy atom. The molecule has 3 aromatic carbocycles. The van der Waals surface area contributed by atoms with E-state index in [-0.39, 0.29) is 23.1 Å². The van der Waals surface area contributed by atoms with Crippen LogP contribution in [-0.4, -0.2) is 30.6 Å². The van der Waals surface area contributed by atoms with Gasteiger partial charge < -0.3 is 5.32 Å². The number of carbonyl (C=O) groups excluding carboxylic acids is 1. The summed E-state index contributed by atoms with van der Waals surface area (Å²) in [6.07, 6.45) is 1.71. The Labute approximate surface area is 199 Å². The first-order valence-corrected chi connectivity index (χ1v) is 11.7. The molecule has 1 fully saturated rings. The van der Waals surface area contributed by atoms with Crippen LogP contribution < -0.4 is 10.2 Å². The van der Waals surface area contributed by atoms with Gasteiger partial charge >= 0.3 is 6.03 Å². The third-order valence-corrected chi connectivity index (χ3v) is 7.12. The fourth-order valence-corrected chi connectivity index (χ4v) is 5.53. The quantitative estimate of drug-likeness (QED) is 0.507. The lowest BCUT2D eigenvalue weighted by Gasteiger charge is -2.40. The van der Waals surface area contributed by atoms with Gasteiger partial charge in [0.2, 0.25) is 0 Å². The molecule has 2 heterocycles. The van der Waals surface area contributed by atoms with E-state index in [1.807, 2.05) is 0 Å². The van der Waals surface area contributed by atoms with Crippen molar-refractivity contribution in [2.45, 2.75) is 38.6 Å². The van der Waals surface area contributed by atoms with Crippen LogP contribution in [0.2, 0.25) is 0 Å². The van der Waals surface area contributed by atoms with E-state index in [1.54, 1.807) is 17.0 Å². The lowest BCUT2D eigenvalue weighted by molar-refractivity contribution is 0.160. The summed E-state index contributed by atoms with van der Waals surface area (Å²) >= 11 is 0. The number of aryl methyl sites for hydroxylation is 2. The molecule has 34 heavy (non-hydrogen) atoms. The van der Waals surface area contributed by atoms with Gasteiger partial charge in [-0.05, 0) is 93.4 Å². The number of nitrogens with zero attached hydrogens (tertiary/aromatic N) is 2. The Bertz CT molecular complexity index is 1200. The monoisotopic (exact) mass is 461 g/mol. The molecule has 0 saturated carbocycles. The average molecular weight is 462 g/mol. The van der Waals surface area contributed by atoms with Crippen molar-refractivity contribution < 1.29 is 13.6 Å². The Morgan fingerprint density at radius 2 is 1.56 bits per heavy atom. The SMILES string of the molecule is Cc1cc(C)cc(CN2CCC3(CC2)CN(C(=O)Nc2ccc(F)cc2)c2ccc(F)cc23)c1. The van der Waals surface area contributed by atoms with Gasteiger partial charge in [0.25, 0.3) is 0 Å². The van der Waals surface area contributed by atoms with Crippen LogP contribution in [0.1, 0.15) is 35.1 Å². The second-order valence-electron chi connectivity index (χ2n) is 9.74. The minimum atomic E-state index is -0.355. The van der Waals surface area contributed by atoms with E-state index in [4.69, 9.17) is 0 Å². The molecular formula is C28H29F2N3O. The predicted octanol–water partition coefficient (Wildman–Crippen LogP) is 6.17. The van der Waals surface area contributed by atoms with E-state index in [0.717, 1.165) is 43.7 Å². The molecule has 5 rings (SSSR count). The van der Waals surface area contributed by atoms with Crippen molar-refractivity contribution in [2.24, 2.45) is 0 Å². The number of carbonyl (C=O) groups is 1. The van der Waals surface area contributed by atoms with Crippen molar-refractivity contribution in [1.82, 2.24) is 4.90 Å². The molecule has 0 aromatic heterocycles. The highest BCUT2D eigenvalue weighted by Gasteiger charge is 2.46. The minimum Gasteiger partial charge on any atom is -0.308 e. The number of amides is 2. The van der Waals surface area contributed by atoms with Crippen LogP contribution >= 0.6 is 0 Å². The van der Waals surface area contributed by atoms with Crippen LogP contribution in [0.4, 0.5) is 25.0 Å². The van der Waals surface area contributed by atoms with E-state index < -0.39 is 0 Å². The van der Waals surface area contributed by atoms with Gasteiger partial charge in [-0.3, -0.25) is 9.80 Å². The molecule has 176 valence electrons. The largest absolute Gasteiger partial charge is 0.326 e. The van der Waals surface area contributed by atoms with E-state index in [2.05, 4.69) is 42.3 Å². The highest BCUT2D eigenvalue weighted by molar-refractivity contribution is 6.03. The van der Waals surface area contributed by atoms with Crippen molar-refractivity contribution in [3.05, 3.63) is 94.6 Å². The van der Waals surface area contributed by atoms with Gasteiger partial charge in [0.05, 0.1) is 0 Å². The zero-order valence-corrected chi connectivity index (χ0v) is 19.6. The third kappa shape index (κ3) is 4.42. The number of nitrogens with one attached hydrogen (secondary N) is 1. The van der Waals surface area contributed by atoms with Crippen LogP contribution in [0, 0.1) is 25.5 Å². The van der Waals surface area contributed by atoms with Crippen LogP contribution in [0.3, 0.4) is 0 Å². The molecule has 0 atom stereocenters. The highest BCUT2D eigenvalue weighted by Crippen LogP contribution is 2.47. The molecule has 0 radical (unpaired) electrons. The van der Waals surface area contributed by atoms with Crippen LogP contribution in [-0.2, 0) is 12.0 Å². The summed E-state index contributed by atoms with van der Waals surface area (Å²) in [6, 6.07) is 16.8. The number of benzene rings is 3. The van der Waals surface area contributed by atoms with E-state index in [9.17, 15) is 13.6 Å².